The van der Waals surface area contributed by atoms with Crippen molar-refractivity contribution in [2.75, 3.05) is 52.6 Å². The molecule has 144 valence electrons. The normalized spacial score (nSPS) is 24.8. The van der Waals surface area contributed by atoms with Gasteiger partial charge < -0.3 is 18.9 Å². The lowest BCUT2D eigenvalue weighted by Crippen LogP contribution is -2.42. The number of rotatable bonds is 6. The molecule has 3 aliphatic rings. The molecule has 7 nitrogen and oxygen atoms in total. The van der Waals surface area contributed by atoms with Crippen molar-refractivity contribution in [1.29, 1.82) is 0 Å². The van der Waals surface area contributed by atoms with Crippen molar-refractivity contribution in [3.63, 3.8) is 0 Å². The van der Waals surface area contributed by atoms with Gasteiger partial charge in [0.15, 0.2) is 0 Å². The van der Waals surface area contributed by atoms with Gasteiger partial charge in [0.1, 0.15) is 6.61 Å². The molecule has 0 aliphatic carbocycles. The van der Waals surface area contributed by atoms with Crippen molar-refractivity contribution < 1.29 is 14.3 Å². The second-order valence-electron chi connectivity index (χ2n) is 7.80. The minimum Gasteiger partial charge on any atom is -0.381 e. The quantitative estimate of drug-likeness (QED) is 0.764. The standard InChI is InChI=1S/C19H30N4O3/c24-19(22-5-1-2-6-22)14-26-13-18-12-21(10-16-3-7-25-8-4-16)11-17-9-20-15-23(17)18/h9,15-16,18H,1-8,10-14H2/t18-/m0/s1. The minimum atomic E-state index is 0.128. The number of carbonyl (C=O) groups is 1. The summed E-state index contributed by atoms with van der Waals surface area (Å²) in [6.07, 6.45) is 8.40. The monoisotopic (exact) mass is 362 g/mol. The number of hydrogen-bond acceptors (Lipinski definition) is 5. The van der Waals surface area contributed by atoms with Crippen molar-refractivity contribution in [3.05, 3.63) is 18.2 Å². The van der Waals surface area contributed by atoms with Gasteiger partial charge in [-0.05, 0) is 31.6 Å². The fraction of sp³-hybridized carbons (Fsp3) is 0.789. The molecule has 1 aromatic heterocycles. The van der Waals surface area contributed by atoms with Crippen LogP contribution in [0.2, 0.25) is 0 Å². The van der Waals surface area contributed by atoms with Crippen LogP contribution in [0, 0.1) is 5.92 Å². The highest BCUT2D eigenvalue weighted by Crippen LogP contribution is 2.24. The highest BCUT2D eigenvalue weighted by molar-refractivity contribution is 5.77. The number of nitrogens with zero attached hydrogens (tertiary/aromatic N) is 4. The van der Waals surface area contributed by atoms with Crippen LogP contribution in [-0.4, -0.2) is 77.9 Å². The Labute approximate surface area is 155 Å². The van der Waals surface area contributed by atoms with Crippen LogP contribution in [0.4, 0.5) is 0 Å². The summed E-state index contributed by atoms with van der Waals surface area (Å²) in [6, 6.07) is 0.229. The zero-order chi connectivity index (χ0) is 17.8. The number of aromatic nitrogens is 2. The fourth-order valence-electron chi connectivity index (χ4n) is 4.37. The molecule has 0 spiro atoms. The lowest BCUT2D eigenvalue weighted by Gasteiger charge is -2.37. The van der Waals surface area contributed by atoms with Gasteiger partial charge >= 0.3 is 0 Å². The summed E-state index contributed by atoms with van der Waals surface area (Å²) < 4.78 is 13.5. The van der Waals surface area contributed by atoms with E-state index in [1.54, 1.807) is 0 Å². The molecular weight excluding hydrogens is 332 g/mol. The first kappa shape index (κ1) is 17.9. The molecule has 0 bridgehead atoms. The van der Waals surface area contributed by atoms with Crippen molar-refractivity contribution in [1.82, 2.24) is 19.4 Å². The number of hydrogen-bond donors (Lipinski definition) is 0. The molecule has 4 rings (SSSR count). The van der Waals surface area contributed by atoms with Gasteiger partial charge in [0.05, 0.1) is 24.7 Å². The summed E-state index contributed by atoms with van der Waals surface area (Å²) in [4.78, 5) is 20.9. The van der Waals surface area contributed by atoms with Crippen LogP contribution in [0.5, 0.6) is 0 Å². The molecule has 7 heteroatoms. The van der Waals surface area contributed by atoms with E-state index < -0.39 is 0 Å². The maximum atomic E-state index is 12.2. The van der Waals surface area contributed by atoms with Crippen LogP contribution in [0.15, 0.2) is 12.5 Å². The lowest BCUT2D eigenvalue weighted by molar-refractivity contribution is -0.135. The fourth-order valence-corrected chi connectivity index (χ4v) is 4.37. The van der Waals surface area contributed by atoms with Gasteiger partial charge in [-0.1, -0.05) is 0 Å². The topological polar surface area (TPSA) is 59.8 Å². The minimum absolute atomic E-state index is 0.128. The van der Waals surface area contributed by atoms with E-state index in [0.29, 0.717) is 6.61 Å². The van der Waals surface area contributed by atoms with Crippen LogP contribution in [0.1, 0.15) is 37.4 Å². The highest BCUT2D eigenvalue weighted by atomic mass is 16.5. The van der Waals surface area contributed by atoms with Crippen molar-refractivity contribution in [2.24, 2.45) is 5.92 Å². The highest BCUT2D eigenvalue weighted by Gasteiger charge is 2.28. The Morgan fingerprint density at radius 3 is 2.88 bits per heavy atom. The van der Waals surface area contributed by atoms with Crippen LogP contribution >= 0.6 is 0 Å². The van der Waals surface area contributed by atoms with Crippen LogP contribution in [-0.2, 0) is 20.8 Å². The smallest absolute Gasteiger partial charge is 0.248 e. The Morgan fingerprint density at radius 2 is 2.08 bits per heavy atom. The molecule has 1 amide bonds. The van der Waals surface area contributed by atoms with E-state index in [-0.39, 0.29) is 18.6 Å². The Kier molecular flexibility index (Phi) is 5.87. The average Bonchev–Trinajstić information content (AvgIpc) is 3.34. The van der Waals surface area contributed by atoms with Gasteiger partial charge in [-0.3, -0.25) is 9.69 Å². The largest absolute Gasteiger partial charge is 0.381 e. The van der Waals surface area contributed by atoms with E-state index in [4.69, 9.17) is 9.47 Å². The summed E-state index contributed by atoms with van der Waals surface area (Å²) in [5, 5.41) is 0. The maximum Gasteiger partial charge on any atom is 0.248 e. The number of ether oxygens (including phenoxy) is 2. The number of carbonyl (C=O) groups excluding carboxylic acids is 1. The molecule has 2 fully saturated rings. The molecule has 0 saturated carbocycles. The number of amides is 1. The molecular formula is C19H30N4O3. The Balaban J connectivity index is 1.30. The number of fused-ring (bicyclic) bond motifs is 1. The van der Waals surface area contributed by atoms with E-state index in [1.165, 1.54) is 5.69 Å². The van der Waals surface area contributed by atoms with Crippen LogP contribution < -0.4 is 0 Å². The number of likely N-dealkylation sites (tertiary alicyclic amines) is 1. The van der Waals surface area contributed by atoms with Crippen molar-refractivity contribution in [3.8, 4) is 0 Å². The van der Waals surface area contributed by atoms with E-state index in [9.17, 15) is 4.79 Å². The van der Waals surface area contributed by atoms with Gasteiger partial charge in [-0.2, -0.15) is 0 Å². The summed E-state index contributed by atoms with van der Waals surface area (Å²) in [5.41, 5.74) is 1.24. The molecule has 0 N–H and O–H groups in total. The third-order valence-electron chi connectivity index (χ3n) is 5.85. The first-order chi connectivity index (χ1) is 12.8. The zero-order valence-electron chi connectivity index (χ0n) is 15.5. The van der Waals surface area contributed by atoms with Gasteiger partial charge in [-0.15, -0.1) is 0 Å². The lowest BCUT2D eigenvalue weighted by atomic mass is 9.99. The summed E-state index contributed by atoms with van der Waals surface area (Å²) in [6.45, 7) is 7.32. The van der Waals surface area contributed by atoms with E-state index in [2.05, 4.69) is 14.5 Å². The Bertz CT molecular complexity index is 593. The average molecular weight is 362 g/mol. The molecule has 0 radical (unpaired) electrons. The molecule has 1 aromatic rings. The first-order valence-corrected chi connectivity index (χ1v) is 9.96. The van der Waals surface area contributed by atoms with Gasteiger partial charge in [-0.25, -0.2) is 4.98 Å². The summed E-state index contributed by atoms with van der Waals surface area (Å²) in [5.74, 6) is 0.847. The predicted molar refractivity (Wildman–Crippen MR) is 96.7 cm³/mol. The maximum absolute atomic E-state index is 12.2. The third-order valence-corrected chi connectivity index (χ3v) is 5.85. The van der Waals surface area contributed by atoms with Crippen LogP contribution in [0.3, 0.4) is 0 Å². The molecule has 1 atom stereocenters. The second kappa shape index (κ2) is 8.50. The Morgan fingerprint density at radius 1 is 1.27 bits per heavy atom. The zero-order valence-corrected chi connectivity index (χ0v) is 15.5. The van der Waals surface area contributed by atoms with Crippen LogP contribution in [0.25, 0.3) is 0 Å². The van der Waals surface area contributed by atoms with Crippen molar-refractivity contribution >= 4 is 5.91 Å². The molecule has 3 aliphatic heterocycles. The van der Waals surface area contributed by atoms with Gasteiger partial charge in [0, 0.05) is 52.1 Å². The second-order valence-corrected chi connectivity index (χ2v) is 7.80. The third kappa shape index (κ3) is 4.27. The van der Waals surface area contributed by atoms with E-state index in [0.717, 1.165) is 77.5 Å². The molecule has 0 unspecified atom stereocenters. The molecule has 2 saturated heterocycles. The molecule has 26 heavy (non-hydrogen) atoms. The van der Waals surface area contributed by atoms with Gasteiger partial charge in [0.25, 0.3) is 0 Å². The predicted octanol–water partition coefficient (Wildman–Crippen LogP) is 1.31. The summed E-state index contributed by atoms with van der Waals surface area (Å²) >= 11 is 0. The molecule has 4 heterocycles. The molecule has 0 aromatic carbocycles. The Hall–Kier alpha value is -1.44. The number of imidazole rings is 1. The van der Waals surface area contributed by atoms with E-state index >= 15 is 0 Å². The first-order valence-electron chi connectivity index (χ1n) is 9.96. The van der Waals surface area contributed by atoms with E-state index in [1.807, 2.05) is 17.4 Å². The van der Waals surface area contributed by atoms with Gasteiger partial charge in [0.2, 0.25) is 5.91 Å². The van der Waals surface area contributed by atoms with Crippen molar-refractivity contribution in [2.45, 2.75) is 38.3 Å². The SMILES string of the molecule is O=C(COC[C@@H]1CN(CC2CCOCC2)Cc2cncn21)N1CCCC1. The summed E-state index contributed by atoms with van der Waals surface area (Å²) in [7, 11) is 0.